The molecule has 3 saturated heterocycles. The van der Waals surface area contributed by atoms with Crippen LogP contribution >= 0.6 is 0 Å². The topological polar surface area (TPSA) is 113 Å². The first-order valence-electron chi connectivity index (χ1n) is 12.8. The van der Waals surface area contributed by atoms with Gasteiger partial charge in [0.25, 0.3) is 0 Å². The molecular formula is C25H36F6N2O7. The third-order valence-corrected chi connectivity index (χ3v) is 7.40. The highest BCUT2D eigenvalue weighted by Crippen LogP contribution is 2.45. The van der Waals surface area contributed by atoms with E-state index in [-0.39, 0.29) is 0 Å². The van der Waals surface area contributed by atoms with Crippen molar-refractivity contribution in [2.45, 2.75) is 44.6 Å². The Morgan fingerprint density at radius 2 is 1.57 bits per heavy atom. The Hall–Kier alpha value is -2.36. The molecule has 0 radical (unpaired) electrons. The van der Waals surface area contributed by atoms with Crippen LogP contribution in [0, 0.1) is 17.3 Å². The molecule has 1 aromatic heterocycles. The summed E-state index contributed by atoms with van der Waals surface area (Å²) in [6.07, 6.45) is -3.30. The van der Waals surface area contributed by atoms with E-state index in [9.17, 15) is 26.3 Å². The number of aliphatic carboxylic acids is 2. The first kappa shape index (κ1) is 33.8. The van der Waals surface area contributed by atoms with E-state index in [2.05, 4.69) is 15.9 Å². The number of halogens is 6. The molecule has 1 spiro atoms. The number of likely N-dealkylation sites (tertiary alicyclic amines) is 2. The molecule has 4 heterocycles. The molecule has 0 aromatic carbocycles. The van der Waals surface area contributed by atoms with Crippen LogP contribution in [0.5, 0.6) is 0 Å². The summed E-state index contributed by atoms with van der Waals surface area (Å²) in [5.74, 6) is -2.95. The average molecular weight is 591 g/mol. The van der Waals surface area contributed by atoms with Crippen molar-refractivity contribution in [3.8, 4) is 0 Å². The number of nitrogens with zero attached hydrogens (tertiary/aromatic N) is 2. The number of ether oxygens (including phenoxy) is 2. The van der Waals surface area contributed by atoms with Crippen molar-refractivity contribution in [1.29, 1.82) is 0 Å². The van der Waals surface area contributed by atoms with Gasteiger partial charge in [-0.05, 0) is 62.2 Å². The minimum absolute atomic E-state index is 0.425. The van der Waals surface area contributed by atoms with Gasteiger partial charge in [0.05, 0.1) is 19.4 Å². The number of carbonyl (C=O) groups is 2. The SMILES string of the molecule is COCC1CN(Cc2ccco2)CC12CCN(CC1CCOCC1)CC2.O=C(O)C(F)(F)F.O=C(O)C(F)(F)F. The molecule has 2 N–H and O–H groups in total. The molecular weight excluding hydrogens is 554 g/mol. The van der Waals surface area contributed by atoms with Crippen molar-refractivity contribution in [3.05, 3.63) is 24.2 Å². The quantitative estimate of drug-likeness (QED) is 0.473. The van der Waals surface area contributed by atoms with E-state index < -0.39 is 24.3 Å². The largest absolute Gasteiger partial charge is 0.490 e. The Morgan fingerprint density at radius 3 is 2.02 bits per heavy atom. The number of alkyl halides is 6. The second kappa shape index (κ2) is 15.0. The number of carboxylic acid groups (broad SMARTS) is 2. The van der Waals surface area contributed by atoms with Crippen LogP contribution in [0.4, 0.5) is 26.3 Å². The number of furan rings is 1. The number of piperidine rings is 1. The maximum Gasteiger partial charge on any atom is 0.490 e. The van der Waals surface area contributed by atoms with Gasteiger partial charge in [-0.3, -0.25) is 4.90 Å². The van der Waals surface area contributed by atoms with Gasteiger partial charge in [0.1, 0.15) is 5.76 Å². The average Bonchev–Trinajstić information content (AvgIpc) is 3.49. The highest BCUT2D eigenvalue weighted by atomic mass is 19.4. The molecule has 0 amide bonds. The number of rotatable bonds is 6. The Morgan fingerprint density at radius 1 is 1.02 bits per heavy atom. The molecule has 4 rings (SSSR count). The molecule has 15 heteroatoms. The smallest absolute Gasteiger partial charge is 0.475 e. The van der Waals surface area contributed by atoms with Crippen LogP contribution in [0.3, 0.4) is 0 Å². The summed E-state index contributed by atoms with van der Waals surface area (Å²) in [5, 5.41) is 14.2. The lowest BCUT2D eigenvalue weighted by Gasteiger charge is -2.43. The fourth-order valence-electron chi connectivity index (χ4n) is 5.36. The number of hydrogen-bond donors (Lipinski definition) is 2. The van der Waals surface area contributed by atoms with Crippen LogP contribution in [-0.2, 0) is 25.6 Å². The van der Waals surface area contributed by atoms with E-state index in [4.69, 9.17) is 33.7 Å². The predicted octanol–water partition coefficient (Wildman–Crippen LogP) is 4.13. The van der Waals surface area contributed by atoms with E-state index in [1.165, 1.54) is 51.9 Å². The van der Waals surface area contributed by atoms with Crippen molar-refractivity contribution in [2.75, 3.05) is 59.7 Å². The summed E-state index contributed by atoms with van der Waals surface area (Å²) >= 11 is 0. The molecule has 40 heavy (non-hydrogen) atoms. The summed E-state index contributed by atoms with van der Waals surface area (Å²) in [4.78, 5) is 23.1. The maximum absolute atomic E-state index is 10.6. The van der Waals surface area contributed by atoms with Crippen LogP contribution in [0.25, 0.3) is 0 Å². The molecule has 1 atom stereocenters. The fourth-order valence-corrected chi connectivity index (χ4v) is 5.36. The second-order valence-corrected chi connectivity index (χ2v) is 10.2. The van der Waals surface area contributed by atoms with Crippen LogP contribution in [0.2, 0.25) is 0 Å². The normalized spacial score (nSPS) is 22.2. The fraction of sp³-hybridized carbons (Fsp3) is 0.760. The first-order valence-corrected chi connectivity index (χ1v) is 12.8. The lowest BCUT2D eigenvalue weighted by atomic mass is 9.71. The molecule has 3 aliphatic rings. The minimum atomic E-state index is -5.08. The number of methoxy groups -OCH3 is 1. The lowest BCUT2D eigenvalue weighted by Crippen LogP contribution is -2.46. The summed E-state index contributed by atoms with van der Waals surface area (Å²) in [7, 11) is 1.85. The molecule has 0 bridgehead atoms. The van der Waals surface area contributed by atoms with E-state index in [0.29, 0.717) is 11.3 Å². The summed E-state index contributed by atoms with van der Waals surface area (Å²) < 4.78 is 80.2. The van der Waals surface area contributed by atoms with Crippen LogP contribution < -0.4 is 0 Å². The molecule has 3 aliphatic heterocycles. The van der Waals surface area contributed by atoms with E-state index >= 15 is 0 Å². The van der Waals surface area contributed by atoms with E-state index in [0.717, 1.165) is 44.6 Å². The summed E-state index contributed by atoms with van der Waals surface area (Å²) in [6.45, 7) is 9.81. The second-order valence-electron chi connectivity index (χ2n) is 10.2. The van der Waals surface area contributed by atoms with Gasteiger partial charge in [-0.25, -0.2) is 9.59 Å². The Kier molecular flexibility index (Phi) is 12.7. The maximum atomic E-state index is 10.6. The Bertz CT molecular complexity index is 872. The molecule has 1 aromatic rings. The third kappa shape index (κ3) is 10.9. The van der Waals surface area contributed by atoms with Crippen molar-refractivity contribution in [3.63, 3.8) is 0 Å². The Labute approximate surface area is 228 Å². The van der Waals surface area contributed by atoms with Gasteiger partial charge < -0.3 is 29.0 Å². The third-order valence-electron chi connectivity index (χ3n) is 7.40. The summed E-state index contributed by atoms with van der Waals surface area (Å²) in [5.41, 5.74) is 0.425. The zero-order valence-electron chi connectivity index (χ0n) is 22.2. The molecule has 0 aliphatic carbocycles. The van der Waals surface area contributed by atoms with Gasteiger partial charge in [-0.15, -0.1) is 0 Å². The molecule has 1 unspecified atom stereocenters. The lowest BCUT2D eigenvalue weighted by molar-refractivity contribution is -0.193. The molecule has 3 fully saturated rings. The highest BCUT2D eigenvalue weighted by molar-refractivity contribution is 5.73. The van der Waals surface area contributed by atoms with Gasteiger partial charge in [0, 0.05) is 45.9 Å². The minimum Gasteiger partial charge on any atom is -0.475 e. The van der Waals surface area contributed by atoms with Gasteiger partial charge >= 0.3 is 24.3 Å². The number of hydrogen-bond acceptors (Lipinski definition) is 7. The predicted molar refractivity (Wildman–Crippen MR) is 128 cm³/mol. The van der Waals surface area contributed by atoms with Crippen LogP contribution in [0.15, 0.2) is 22.8 Å². The van der Waals surface area contributed by atoms with Gasteiger partial charge in [-0.1, -0.05) is 0 Å². The monoisotopic (exact) mass is 590 g/mol. The highest BCUT2D eigenvalue weighted by Gasteiger charge is 2.48. The zero-order valence-corrected chi connectivity index (χ0v) is 22.2. The Balaban J connectivity index is 0.000000333. The van der Waals surface area contributed by atoms with Gasteiger partial charge in [0.2, 0.25) is 0 Å². The van der Waals surface area contributed by atoms with Crippen LogP contribution in [-0.4, -0.2) is 104 Å². The number of carboxylic acids is 2. The van der Waals surface area contributed by atoms with Gasteiger partial charge in [-0.2, -0.15) is 26.3 Å². The molecule has 230 valence electrons. The van der Waals surface area contributed by atoms with Crippen LogP contribution in [0.1, 0.15) is 31.4 Å². The molecule has 9 nitrogen and oxygen atoms in total. The van der Waals surface area contributed by atoms with Gasteiger partial charge in [0.15, 0.2) is 0 Å². The van der Waals surface area contributed by atoms with E-state index in [1.807, 2.05) is 13.2 Å². The molecule has 0 saturated carbocycles. The standard InChI is InChI=1S/C21H34N2O3.2C2HF3O2/c1-24-16-19-14-23(15-20-3-2-10-26-20)17-21(19)6-8-22(9-7-21)13-18-4-11-25-12-5-18;2*3-2(4,5)1(6)7/h2-3,10,18-19H,4-9,11-17H2,1H3;2*(H,6,7). The summed E-state index contributed by atoms with van der Waals surface area (Å²) in [6, 6.07) is 4.08. The van der Waals surface area contributed by atoms with Crippen molar-refractivity contribution >= 4 is 11.9 Å². The van der Waals surface area contributed by atoms with Crippen molar-refractivity contribution < 1.29 is 60.0 Å². The van der Waals surface area contributed by atoms with E-state index in [1.54, 1.807) is 6.26 Å². The zero-order chi connectivity index (χ0) is 30.0. The first-order chi connectivity index (χ1) is 18.7. The van der Waals surface area contributed by atoms with Crippen molar-refractivity contribution in [1.82, 2.24) is 9.80 Å². The van der Waals surface area contributed by atoms with Crippen molar-refractivity contribution in [2.24, 2.45) is 17.3 Å².